The number of aromatic nitrogens is 2. The van der Waals surface area contributed by atoms with Gasteiger partial charge in [-0.15, -0.1) is 0 Å². The van der Waals surface area contributed by atoms with Crippen LogP contribution in [0.4, 0.5) is 21.8 Å². The first-order chi connectivity index (χ1) is 10.1. The molecule has 0 aliphatic heterocycles. The molecule has 110 valence electrons. The third-order valence-electron chi connectivity index (χ3n) is 3.37. The average Bonchev–Trinajstić information content (AvgIpc) is 2.41. The van der Waals surface area contributed by atoms with Gasteiger partial charge in [-0.3, -0.25) is 0 Å². The van der Waals surface area contributed by atoms with Gasteiger partial charge in [-0.25, -0.2) is 9.37 Å². The molecular formula is C14H13Cl2FN4. The van der Waals surface area contributed by atoms with Gasteiger partial charge < -0.3 is 10.6 Å². The fourth-order valence-electron chi connectivity index (χ4n) is 1.98. The van der Waals surface area contributed by atoms with E-state index in [1.54, 1.807) is 18.2 Å². The molecular weight excluding hydrogens is 314 g/mol. The Balaban J connectivity index is 1.78. The second-order valence-corrected chi connectivity index (χ2v) is 5.73. The maximum Gasteiger partial charge on any atom is 0.229 e. The van der Waals surface area contributed by atoms with Crippen molar-refractivity contribution in [2.45, 2.75) is 25.3 Å². The Morgan fingerprint density at radius 2 is 2.00 bits per heavy atom. The van der Waals surface area contributed by atoms with E-state index < -0.39 is 5.82 Å². The summed E-state index contributed by atoms with van der Waals surface area (Å²) in [4.78, 5) is 8.08. The van der Waals surface area contributed by atoms with Gasteiger partial charge in [0.25, 0.3) is 0 Å². The van der Waals surface area contributed by atoms with E-state index in [2.05, 4.69) is 20.6 Å². The quantitative estimate of drug-likeness (QED) is 0.859. The van der Waals surface area contributed by atoms with Crippen LogP contribution in [0.1, 0.15) is 19.3 Å². The Labute approximate surface area is 131 Å². The first-order valence-corrected chi connectivity index (χ1v) is 7.38. The van der Waals surface area contributed by atoms with Crippen LogP contribution in [0.5, 0.6) is 0 Å². The highest BCUT2D eigenvalue weighted by molar-refractivity contribution is 6.42. The topological polar surface area (TPSA) is 49.8 Å². The Bertz CT molecular complexity index is 661. The Morgan fingerprint density at radius 3 is 2.67 bits per heavy atom. The molecule has 3 rings (SSSR count). The highest BCUT2D eigenvalue weighted by Gasteiger charge is 2.19. The molecule has 7 heteroatoms. The van der Waals surface area contributed by atoms with Crippen molar-refractivity contribution in [3.8, 4) is 0 Å². The second-order valence-electron chi connectivity index (χ2n) is 4.92. The van der Waals surface area contributed by atoms with Gasteiger partial charge in [0.2, 0.25) is 5.95 Å². The summed E-state index contributed by atoms with van der Waals surface area (Å²) in [5.41, 5.74) is 0.686. The van der Waals surface area contributed by atoms with E-state index in [1.807, 2.05) is 0 Å². The Kier molecular flexibility index (Phi) is 4.12. The molecule has 1 fully saturated rings. The zero-order valence-corrected chi connectivity index (χ0v) is 12.5. The molecule has 0 saturated heterocycles. The van der Waals surface area contributed by atoms with Crippen molar-refractivity contribution >= 4 is 40.7 Å². The van der Waals surface area contributed by atoms with Crippen molar-refractivity contribution in [1.82, 2.24) is 9.97 Å². The third-order valence-corrected chi connectivity index (χ3v) is 4.10. The highest BCUT2D eigenvalue weighted by atomic mass is 35.5. The van der Waals surface area contributed by atoms with E-state index in [9.17, 15) is 4.39 Å². The van der Waals surface area contributed by atoms with Gasteiger partial charge in [0, 0.05) is 11.7 Å². The maximum absolute atomic E-state index is 13.7. The molecule has 1 aliphatic rings. The maximum atomic E-state index is 13.7. The number of benzene rings is 1. The number of anilines is 3. The third kappa shape index (κ3) is 3.36. The molecule has 0 radical (unpaired) electrons. The molecule has 0 unspecified atom stereocenters. The molecule has 0 amide bonds. The number of rotatable bonds is 4. The number of nitrogens with zero attached hydrogens (tertiary/aromatic N) is 2. The minimum Gasteiger partial charge on any atom is -0.365 e. The van der Waals surface area contributed by atoms with Gasteiger partial charge in [-0.2, -0.15) is 4.98 Å². The largest absolute Gasteiger partial charge is 0.365 e. The minimum absolute atomic E-state index is 0.220. The normalized spacial score (nSPS) is 14.6. The first-order valence-electron chi connectivity index (χ1n) is 6.63. The monoisotopic (exact) mass is 326 g/mol. The van der Waals surface area contributed by atoms with Crippen LogP contribution in [0.15, 0.2) is 24.4 Å². The number of nitrogens with one attached hydrogen (secondary N) is 2. The molecule has 2 aromatic rings. The van der Waals surface area contributed by atoms with E-state index in [4.69, 9.17) is 23.2 Å². The predicted molar refractivity (Wildman–Crippen MR) is 83.0 cm³/mol. The molecule has 1 heterocycles. The standard InChI is InChI=1S/C14H13Cl2FN4/c15-10-5-4-9(6-11(10)16)20-14-18-7-12(17)13(21-14)19-8-2-1-3-8/h4-8H,1-3H2,(H2,18,19,20,21). The summed E-state index contributed by atoms with van der Waals surface area (Å²) in [6.45, 7) is 0. The summed E-state index contributed by atoms with van der Waals surface area (Å²) in [6, 6.07) is 5.38. The molecule has 1 saturated carbocycles. The van der Waals surface area contributed by atoms with Crippen LogP contribution in [-0.4, -0.2) is 16.0 Å². The van der Waals surface area contributed by atoms with Gasteiger partial charge in [0.15, 0.2) is 11.6 Å². The van der Waals surface area contributed by atoms with E-state index >= 15 is 0 Å². The number of hydrogen-bond acceptors (Lipinski definition) is 4. The summed E-state index contributed by atoms with van der Waals surface area (Å²) in [7, 11) is 0. The molecule has 4 nitrogen and oxygen atoms in total. The lowest BCUT2D eigenvalue weighted by atomic mass is 9.93. The van der Waals surface area contributed by atoms with Crippen LogP contribution in [-0.2, 0) is 0 Å². The van der Waals surface area contributed by atoms with Crippen LogP contribution >= 0.6 is 23.2 Å². The van der Waals surface area contributed by atoms with Gasteiger partial charge in [-0.1, -0.05) is 23.2 Å². The smallest absolute Gasteiger partial charge is 0.229 e. The fourth-order valence-corrected chi connectivity index (χ4v) is 2.28. The molecule has 1 aromatic heterocycles. The van der Waals surface area contributed by atoms with E-state index in [0.29, 0.717) is 27.7 Å². The molecule has 0 spiro atoms. The predicted octanol–water partition coefficient (Wildman–Crippen LogP) is 4.63. The lowest BCUT2D eigenvalue weighted by Crippen LogP contribution is -2.28. The van der Waals surface area contributed by atoms with Gasteiger partial charge >= 0.3 is 0 Å². The molecule has 1 aromatic carbocycles. The van der Waals surface area contributed by atoms with Gasteiger partial charge in [0.05, 0.1) is 16.2 Å². The van der Waals surface area contributed by atoms with Gasteiger partial charge in [-0.05, 0) is 37.5 Å². The summed E-state index contributed by atoms with van der Waals surface area (Å²) >= 11 is 11.8. The van der Waals surface area contributed by atoms with Crippen molar-refractivity contribution in [3.63, 3.8) is 0 Å². The van der Waals surface area contributed by atoms with Crippen LogP contribution in [0.3, 0.4) is 0 Å². The van der Waals surface area contributed by atoms with Crippen molar-refractivity contribution in [2.24, 2.45) is 0 Å². The number of hydrogen-bond donors (Lipinski definition) is 2. The molecule has 2 N–H and O–H groups in total. The summed E-state index contributed by atoms with van der Waals surface area (Å²) < 4.78 is 13.7. The first kappa shape index (κ1) is 14.4. The fraction of sp³-hybridized carbons (Fsp3) is 0.286. The Morgan fingerprint density at radius 1 is 1.19 bits per heavy atom. The average molecular weight is 327 g/mol. The SMILES string of the molecule is Fc1cnc(Nc2ccc(Cl)c(Cl)c2)nc1NC1CCC1. The van der Waals surface area contributed by atoms with E-state index in [1.165, 1.54) is 6.42 Å². The van der Waals surface area contributed by atoms with Crippen molar-refractivity contribution in [3.05, 3.63) is 40.3 Å². The van der Waals surface area contributed by atoms with Crippen molar-refractivity contribution in [1.29, 1.82) is 0 Å². The summed E-state index contributed by atoms with van der Waals surface area (Å²) in [6.07, 6.45) is 4.39. The van der Waals surface area contributed by atoms with Crippen LogP contribution in [0, 0.1) is 5.82 Å². The Hall–Kier alpha value is -1.59. The van der Waals surface area contributed by atoms with Crippen LogP contribution in [0.2, 0.25) is 10.0 Å². The minimum atomic E-state index is -0.457. The zero-order chi connectivity index (χ0) is 14.8. The molecule has 21 heavy (non-hydrogen) atoms. The van der Waals surface area contributed by atoms with Gasteiger partial charge in [0.1, 0.15) is 0 Å². The second kappa shape index (κ2) is 6.03. The number of halogens is 3. The molecule has 0 bridgehead atoms. The van der Waals surface area contributed by atoms with Crippen LogP contribution in [0.25, 0.3) is 0 Å². The summed E-state index contributed by atoms with van der Waals surface area (Å²) in [5, 5.41) is 6.95. The van der Waals surface area contributed by atoms with Crippen LogP contribution < -0.4 is 10.6 Å². The highest BCUT2D eigenvalue weighted by Crippen LogP contribution is 2.27. The van der Waals surface area contributed by atoms with E-state index in [0.717, 1.165) is 19.0 Å². The summed E-state index contributed by atoms with van der Waals surface area (Å²) in [5.74, 6) is 0.0652. The van der Waals surface area contributed by atoms with E-state index in [-0.39, 0.29) is 5.82 Å². The lowest BCUT2D eigenvalue weighted by Gasteiger charge is -2.27. The van der Waals surface area contributed by atoms with Crippen molar-refractivity contribution in [2.75, 3.05) is 10.6 Å². The zero-order valence-electron chi connectivity index (χ0n) is 11.0. The van der Waals surface area contributed by atoms with Crippen molar-refractivity contribution < 1.29 is 4.39 Å². The molecule has 1 aliphatic carbocycles. The molecule has 0 atom stereocenters. The lowest BCUT2D eigenvalue weighted by molar-refractivity contribution is 0.441.